The van der Waals surface area contributed by atoms with Gasteiger partial charge in [0, 0.05) is 12.7 Å². The molecule has 1 heterocycles. The smallest absolute Gasteiger partial charge is 0.265 e. The highest BCUT2D eigenvalue weighted by atomic mass is 32.2. The fourth-order valence-electron chi connectivity index (χ4n) is 2.77. The van der Waals surface area contributed by atoms with Crippen LogP contribution in [0.1, 0.15) is 29.3 Å². The van der Waals surface area contributed by atoms with E-state index >= 15 is 0 Å². The van der Waals surface area contributed by atoms with Crippen molar-refractivity contribution < 1.29 is 27.5 Å². The number of hydrogen-bond donors (Lipinski definition) is 2. The molecular formula is C19H20N2O6S. The standard InChI is InChI=1S/C19H20N2O6S/c1-3-16-19(23)20-15-10-14(7-8-17(15)27-16)28(24,25)21-18(22)13-6-4-5-12(9-13)11-26-2/h4-10,16H,3,11H2,1-2H3,(H,20,23)(H,21,22). The minimum atomic E-state index is -4.14. The minimum absolute atomic E-state index is 0.161. The summed E-state index contributed by atoms with van der Waals surface area (Å²) in [7, 11) is -2.61. The lowest BCUT2D eigenvalue weighted by Gasteiger charge is -2.25. The van der Waals surface area contributed by atoms with Crippen molar-refractivity contribution in [1.29, 1.82) is 0 Å². The van der Waals surface area contributed by atoms with E-state index in [1.165, 1.54) is 31.4 Å². The highest BCUT2D eigenvalue weighted by Crippen LogP contribution is 2.32. The average molecular weight is 404 g/mol. The summed E-state index contributed by atoms with van der Waals surface area (Å²) in [5.74, 6) is -0.727. The molecule has 2 amide bonds. The average Bonchev–Trinajstić information content (AvgIpc) is 2.67. The van der Waals surface area contributed by atoms with Gasteiger partial charge < -0.3 is 14.8 Å². The zero-order valence-electron chi connectivity index (χ0n) is 15.4. The van der Waals surface area contributed by atoms with Crippen LogP contribution in [-0.4, -0.2) is 33.4 Å². The van der Waals surface area contributed by atoms with Gasteiger partial charge in [0.25, 0.3) is 21.8 Å². The molecule has 148 valence electrons. The molecule has 2 aromatic carbocycles. The molecular weight excluding hydrogens is 384 g/mol. The second-order valence-electron chi connectivity index (χ2n) is 6.23. The number of ether oxygens (including phenoxy) is 2. The predicted molar refractivity (Wildman–Crippen MR) is 102 cm³/mol. The summed E-state index contributed by atoms with van der Waals surface area (Å²) >= 11 is 0. The van der Waals surface area contributed by atoms with Gasteiger partial charge in [-0.3, -0.25) is 9.59 Å². The fraction of sp³-hybridized carbons (Fsp3) is 0.263. The topological polar surface area (TPSA) is 111 Å². The number of fused-ring (bicyclic) bond motifs is 1. The molecule has 0 saturated carbocycles. The molecule has 0 spiro atoms. The largest absolute Gasteiger partial charge is 0.478 e. The SMILES string of the molecule is CCC1Oc2ccc(S(=O)(=O)NC(=O)c3cccc(COC)c3)cc2NC1=O. The third kappa shape index (κ3) is 4.15. The Kier molecular flexibility index (Phi) is 5.66. The Bertz CT molecular complexity index is 1020. The summed E-state index contributed by atoms with van der Waals surface area (Å²) in [4.78, 5) is 24.2. The van der Waals surface area contributed by atoms with Crippen LogP contribution in [0.5, 0.6) is 5.75 Å². The summed E-state index contributed by atoms with van der Waals surface area (Å²) in [5.41, 5.74) is 1.18. The van der Waals surface area contributed by atoms with Crippen LogP contribution in [-0.2, 0) is 26.2 Å². The number of hydrogen-bond acceptors (Lipinski definition) is 6. The number of carbonyl (C=O) groups excluding carboxylic acids is 2. The molecule has 2 N–H and O–H groups in total. The van der Waals surface area contributed by atoms with Crippen molar-refractivity contribution >= 4 is 27.5 Å². The second kappa shape index (κ2) is 7.99. The lowest BCUT2D eigenvalue weighted by Crippen LogP contribution is -2.36. The minimum Gasteiger partial charge on any atom is -0.478 e. The van der Waals surface area contributed by atoms with E-state index in [0.717, 1.165) is 5.56 Å². The summed E-state index contributed by atoms with van der Waals surface area (Å²) in [6, 6.07) is 10.5. The van der Waals surface area contributed by atoms with E-state index in [0.29, 0.717) is 18.8 Å². The second-order valence-corrected chi connectivity index (χ2v) is 7.91. The molecule has 28 heavy (non-hydrogen) atoms. The van der Waals surface area contributed by atoms with Crippen molar-refractivity contribution in [1.82, 2.24) is 4.72 Å². The zero-order chi connectivity index (χ0) is 20.3. The maximum absolute atomic E-state index is 12.6. The molecule has 1 atom stereocenters. The van der Waals surface area contributed by atoms with Gasteiger partial charge in [0.15, 0.2) is 6.10 Å². The van der Waals surface area contributed by atoms with Gasteiger partial charge in [0.05, 0.1) is 17.2 Å². The molecule has 9 heteroatoms. The third-order valence-electron chi connectivity index (χ3n) is 4.18. The van der Waals surface area contributed by atoms with Crippen LogP contribution in [0.3, 0.4) is 0 Å². The summed E-state index contributed by atoms with van der Waals surface area (Å²) in [6.45, 7) is 2.11. The Balaban J connectivity index is 1.82. The molecule has 0 fully saturated rings. The first kappa shape index (κ1) is 19.8. The first-order valence-corrected chi connectivity index (χ1v) is 10.1. The summed E-state index contributed by atoms with van der Waals surface area (Å²) in [6.07, 6.45) is -0.127. The molecule has 1 aliphatic heterocycles. The quantitative estimate of drug-likeness (QED) is 0.762. The van der Waals surface area contributed by atoms with Crippen LogP contribution in [0.2, 0.25) is 0 Å². The van der Waals surface area contributed by atoms with E-state index in [1.54, 1.807) is 18.2 Å². The number of rotatable bonds is 6. The van der Waals surface area contributed by atoms with E-state index in [2.05, 4.69) is 5.32 Å². The van der Waals surface area contributed by atoms with Crippen molar-refractivity contribution in [3.63, 3.8) is 0 Å². The van der Waals surface area contributed by atoms with Crippen molar-refractivity contribution in [3.05, 3.63) is 53.6 Å². The summed E-state index contributed by atoms with van der Waals surface area (Å²) < 4.78 is 37.8. The lowest BCUT2D eigenvalue weighted by molar-refractivity contribution is -0.123. The maximum Gasteiger partial charge on any atom is 0.265 e. The van der Waals surface area contributed by atoms with Gasteiger partial charge in [0.2, 0.25) is 0 Å². The van der Waals surface area contributed by atoms with Crippen LogP contribution >= 0.6 is 0 Å². The van der Waals surface area contributed by atoms with Crippen LogP contribution in [0.25, 0.3) is 0 Å². The normalized spacial score (nSPS) is 15.9. The highest BCUT2D eigenvalue weighted by molar-refractivity contribution is 7.90. The van der Waals surface area contributed by atoms with Crippen LogP contribution in [0.15, 0.2) is 47.4 Å². The molecule has 0 bridgehead atoms. The maximum atomic E-state index is 12.6. The highest BCUT2D eigenvalue weighted by Gasteiger charge is 2.28. The molecule has 3 rings (SSSR count). The summed E-state index contributed by atoms with van der Waals surface area (Å²) in [5, 5.41) is 2.62. The molecule has 2 aromatic rings. The van der Waals surface area contributed by atoms with Crippen molar-refractivity contribution in [2.24, 2.45) is 0 Å². The molecule has 1 aliphatic rings. The molecule has 0 aromatic heterocycles. The molecule has 0 saturated heterocycles. The van der Waals surface area contributed by atoms with Crippen molar-refractivity contribution in [2.75, 3.05) is 12.4 Å². The van der Waals surface area contributed by atoms with Gasteiger partial charge in [0.1, 0.15) is 5.75 Å². The fourth-order valence-corrected chi connectivity index (χ4v) is 3.77. The zero-order valence-corrected chi connectivity index (χ0v) is 16.2. The third-order valence-corrected chi connectivity index (χ3v) is 5.51. The van der Waals surface area contributed by atoms with Gasteiger partial charge in [-0.25, -0.2) is 13.1 Å². The van der Waals surface area contributed by atoms with E-state index < -0.39 is 22.0 Å². The van der Waals surface area contributed by atoms with E-state index in [1.807, 2.05) is 11.6 Å². The number of sulfonamides is 1. The van der Waals surface area contributed by atoms with Crippen LogP contribution in [0.4, 0.5) is 5.69 Å². The van der Waals surface area contributed by atoms with Gasteiger partial charge >= 0.3 is 0 Å². The Morgan fingerprint density at radius 3 is 2.75 bits per heavy atom. The first-order chi connectivity index (χ1) is 13.3. The number of nitrogens with one attached hydrogen (secondary N) is 2. The number of benzene rings is 2. The van der Waals surface area contributed by atoms with Crippen molar-refractivity contribution in [2.45, 2.75) is 31.0 Å². The number of amides is 2. The predicted octanol–water partition coefficient (Wildman–Crippen LogP) is 2.06. The monoisotopic (exact) mass is 404 g/mol. The van der Waals surface area contributed by atoms with Gasteiger partial charge in [-0.05, 0) is 42.3 Å². The lowest BCUT2D eigenvalue weighted by atomic mass is 10.1. The van der Waals surface area contributed by atoms with Crippen molar-refractivity contribution in [3.8, 4) is 5.75 Å². The Labute approximate surface area is 162 Å². The van der Waals surface area contributed by atoms with Gasteiger partial charge in [-0.2, -0.15) is 0 Å². The molecule has 0 aliphatic carbocycles. The Morgan fingerprint density at radius 1 is 1.25 bits per heavy atom. The molecule has 1 unspecified atom stereocenters. The number of anilines is 1. The van der Waals surface area contributed by atoms with Crippen LogP contribution < -0.4 is 14.8 Å². The van der Waals surface area contributed by atoms with Gasteiger partial charge in [-0.15, -0.1) is 0 Å². The van der Waals surface area contributed by atoms with E-state index in [-0.39, 0.29) is 22.1 Å². The molecule has 8 nitrogen and oxygen atoms in total. The first-order valence-electron chi connectivity index (χ1n) is 8.60. The number of carbonyl (C=O) groups is 2. The molecule has 0 radical (unpaired) electrons. The Morgan fingerprint density at radius 2 is 2.04 bits per heavy atom. The van der Waals surface area contributed by atoms with Gasteiger partial charge in [-0.1, -0.05) is 19.1 Å². The van der Waals surface area contributed by atoms with E-state index in [9.17, 15) is 18.0 Å². The number of methoxy groups -OCH3 is 1. The van der Waals surface area contributed by atoms with Crippen LogP contribution in [0, 0.1) is 0 Å². The Hall–Kier alpha value is -2.91. The van der Waals surface area contributed by atoms with E-state index in [4.69, 9.17) is 9.47 Å².